The minimum absolute atomic E-state index is 0.0371. The molecule has 3 rings (SSSR count). The fourth-order valence-corrected chi connectivity index (χ4v) is 3.91. The molecule has 1 unspecified atom stereocenters. The van der Waals surface area contributed by atoms with Crippen molar-refractivity contribution in [3.63, 3.8) is 0 Å². The molecule has 2 fully saturated rings. The predicted octanol–water partition coefficient (Wildman–Crippen LogP) is 3.03. The average Bonchev–Trinajstić information content (AvgIpc) is 3.14. The third kappa shape index (κ3) is 4.11. The molecule has 1 saturated carbocycles. The van der Waals surface area contributed by atoms with Crippen molar-refractivity contribution in [1.82, 2.24) is 15.3 Å². The van der Waals surface area contributed by atoms with Crippen molar-refractivity contribution in [3.05, 3.63) is 18.1 Å². The first-order chi connectivity index (χ1) is 12.0. The van der Waals surface area contributed by atoms with E-state index in [4.69, 9.17) is 4.74 Å². The minimum Gasteiger partial charge on any atom is -0.441 e. The van der Waals surface area contributed by atoms with Crippen LogP contribution >= 0.6 is 0 Å². The van der Waals surface area contributed by atoms with Crippen molar-refractivity contribution in [1.29, 1.82) is 0 Å². The number of aromatic nitrogens is 2. The number of carbonyl (C=O) groups is 1. The number of aryl methyl sites for hydroxylation is 1. The van der Waals surface area contributed by atoms with Crippen molar-refractivity contribution in [2.75, 3.05) is 11.9 Å². The van der Waals surface area contributed by atoms with Gasteiger partial charge in [0.25, 0.3) is 0 Å². The van der Waals surface area contributed by atoms with E-state index in [0.29, 0.717) is 5.92 Å². The average molecular weight is 346 g/mol. The van der Waals surface area contributed by atoms with E-state index in [1.807, 2.05) is 13.8 Å². The van der Waals surface area contributed by atoms with Crippen LogP contribution in [0.3, 0.4) is 0 Å². The maximum atomic E-state index is 12.6. The van der Waals surface area contributed by atoms with E-state index in [0.717, 1.165) is 43.7 Å². The summed E-state index contributed by atoms with van der Waals surface area (Å²) in [6, 6.07) is 0.0371. The minimum atomic E-state index is -0.604. The molecule has 1 aromatic heterocycles. The van der Waals surface area contributed by atoms with E-state index >= 15 is 0 Å². The molecular weight excluding hydrogens is 316 g/mol. The van der Waals surface area contributed by atoms with E-state index < -0.39 is 5.72 Å². The summed E-state index contributed by atoms with van der Waals surface area (Å²) in [7, 11) is 0. The number of rotatable bonds is 8. The molecule has 138 valence electrons. The topological polar surface area (TPSA) is 76.1 Å². The molecule has 2 aliphatic rings. The summed E-state index contributed by atoms with van der Waals surface area (Å²) in [5.74, 6) is 1.13. The SMILES string of the molecule is CCCCCC(C)C(=O)O[C@]12C[C@@H](CN1)C[C@H]2Nc1cnc(C)cn1. The number of nitrogens with zero attached hydrogens (tertiary/aromatic N) is 2. The van der Waals surface area contributed by atoms with Crippen LogP contribution in [-0.4, -0.2) is 34.2 Å². The summed E-state index contributed by atoms with van der Waals surface area (Å²) < 4.78 is 6.03. The zero-order valence-corrected chi connectivity index (χ0v) is 15.5. The normalized spacial score (nSPS) is 28.8. The Kier molecular flexibility index (Phi) is 5.57. The number of unbranched alkanes of at least 4 members (excludes halogenated alkanes) is 2. The number of hydrogen-bond acceptors (Lipinski definition) is 6. The lowest BCUT2D eigenvalue weighted by Gasteiger charge is -2.36. The molecule has 1 aliphatic heterocycles. The van der Waals surface area contributed by atoms with Crippen LogP contribution in [0.4, 0.5) is 5.82 Å². The summed E-state index contributed by atoms with van der Waals surface area (Å²) in [5.41, 5.74) is 0.284. The second-order valence-electron chi connectivity index (χ2n) is 7.63. The van der Waals surface area contributed by atoms with Crippen molar-refractivity contribution >= 4 is 11.8 Å². The van der Waals surface area contributed by atoms with Crippen LogP contribution in [0, 0.1) is 18.8 Å². The van der Waals surface area contributed by atoms with Crippen LogP contribution in [0.25, 0.3) is 0 Å². The van der Waals surface area contributed by atoms with Crippen LogP contribution in [0.15, 0.2) is 12.4 Å². The molecule has 1 aromatic rings. The summed E-state index contributed by atoms with van der Waals surface area (Å²) in [5, 5.41) is 6.87. The van der Waals surface area contributed by atoms with Gasteiger partial charge in [0, 0.05) is 13.0 Å². The molecule has 6 nitrogen and oxygen atoms in total. The lowest BCUT2D eigenvalue weighted by molar-refractivity contribution is -0.167. The largest absolute Gasteiger partial charge is 0.441 e. The fraction of sp³-hybridized carbons (Fsp3) is 0.737. The third-order valence-electron chi connectivity index (χ3n) is 5.44. The van der Waals surface area contributed by atoms with Gasteiger partial charge in [-0.1, -0.05) is 33.1 Å². The zero-order chi connectivity index (χ0) is 17.9. The van der Waals surface area contributed by atoms with Crippen LogP contribution in [-0.2, 0) is 9.53 Å². The highest BCUT2D eigenvalue weighted by Gasteiger charge is 2.55. The molecule has 0 aromatic carbocycles. The van der Waals surface area contributed by atoms with Gasteiger partial charge in [-0.2, -0.15) is 0 Å². The Labute approximate surface area is 150 Å². The van der Waals surface area contributed by atoms with Crippen LogP contribution in [0.2, 0.25) is 0 Å². The van der Waals surface area contributed by atoms with Gasteiger partial charge < -0.3 is 10.1 Å². The van der Waals surface area contributed by atoms with Gasteiger partial charge in [-0.05, 0) is 25.7 Å². The zero-order valence-electron chi connectivity index (χ0n) is 15.5. The highest BCUT2D eigenvalue weighted by molar-refractivity contribution is 5.72. The Morgan fingerprint density at radius 3 is 2.96 bits per heavy atom. The van der Waals surface area contributed by atoms with E-state index in [9.17, 15) is 4.79 Å². The molecule has 0 spiro atoms. The van der Waals surface area contributed by atoms with Crippen molar-refractivity contribution < 1.29 is 9.53 Å². The van der Waals surface area contributed by atoms with Gasteiger partial charge in [0.15, 0.2) is 5.72 Å². The quantitative estimate of drug-likeness (QED) is 0.557. The Morgan fingerprint density at radius 2 is 2.28 bits per heavy atom. The summed E-state index contributed by atoms with van der Waals surface area (Å²) in [6.45, 7) is 6.98. The molecule has 1 aliphatic carbocycles. The van der Waals surface area contributed by atoms with Gasteiger partial charge in [0.05, 0.1) is 30.0 Å². The monoisotopic (exact) mass is 346 g/mol. The van der Waals surface area contributed by atoms with Gasteiger partial charge in [0.1, 0.15) is 5.82 Å². The number of anilines is 1. The molecule has 0 radical (unpaired) electrons. The summed E-state index contributed by atoms with van der Waals surface area (Å²) in [6.07, 6.45) is 9.65. The maximum absolute atomic E-state index is 12.6. The molecule has 2 bridgehead atoms. The third-order valence-corrected chi connectivity index (χ3v) is 5.44. The molecular formula is C19H30N4O2. The van der Waals surface area contributed by atoms with E-state index in [1.54, 1.807) is 12.4 Å². The number of carbonyl (C=O) groups excluding carboxylic acids is 1. The number of fused-ring (bicyclic) bond motifs is 2. The molecule has 25 heavy (non-hydrogen) atoms. The standard InChI is InChI=1S/C19H30N4O2/c1-4-5-6-7-13(2)18(24)25-19-9-15(11-22-19)8-16(19)23-17-12-20-14(3)10-21-17/h10,12-13,15-16,22H,4-9,11H2,1-3H3,(H,21,23)/t13?,15-,16+,19-/m0/s1. The lowest BCUT2D eigenvalue weighted by atomic mass is 10.0. The molecule has 6 heteroatoms. The Balaban J connectivity index is 1.63. The first-order valence-corrected chi connectivity index (χ1v) is 9.55. The molecule has 2 heterocycles. The van der Waals surface area contributed by atoms with Crippen molar-refractivity contribution in [3.8, 4) is 0 Å². The molecule has 2 N–H and O–H groups in total. The number of nitrogens with one attached hydrogen (secondary N) is 2. The van der Waals surface area contributed by atoms with Crippen molar-refractivity contribution in [2.45, 2.75) is 71.1 Å². The summed E-state index contributed by atoms with van der Waals surface area (Å²) >= 11 is 0. The van der Waals surface area contributed by atoms with Gasteiger partial charge in [-0.25, -0.2) is 4.98 Å². The van der Waals surface area contributed by atoms with Gasteiger partial charge in [-0.3, -0.25) is 15.1 Å². The molecule has 4 atom stereocenters. The Bertz CT molecular complexity index is 592. The van der Waals surface area contributed by atoms with E-state index in [2.05, 4.69) is 27.5 Å². The molecule has 0 amide bonds. The fourth-order valence-electron chi connectivity index (χ4n) is 3.91. The number of piperidine rings is 1. The molecule has 1 saturated heterocycles. The Morgan fingerprint density at radius 1 is 1.44 bits per heavy atom. The second kappa shape index (κ2) is 7.68. The lowest BCUT2D eigenvalue weighted by Crippen LogP contribution is -2.57. The van der Waals surface area contributed by atoms with Crippen LogP contribution in [0.5, 0.6) is 0 Å². The summed E-state index contributed by atoms with van der Waals surface area (Å²) in [4.78, 5) is 21.3. The van der Waals surface area contributed by atoms with Crippen LogP contribution < -0.4 is 10.6 Å². The predicted molar refractivity (Wildman–Crippen MR) is 97.0 cm³/mol. The van der Waals surface area contributed by atoms with Gasteiger partial charge >= 0.3 is 5.97 Å². The van der Waals surface area contributed by atoms with E-state index in [-0.39, 0.29) is 17.9 Å². The maximum Gasteiger partial charge on any atom is 0.310 e. The number of hydrogen-bond donors (Lipinski definition) is 2. The first-order valence-electron chi connectivity index (χ1n) is 9.55. The highest BCUT2D eigenvalue weighted by Crippen LogP contribution is 2.42. The number of ether oxygens (including phenoxy) is 1. The second-order valence-corrected chi connectivity index (χ2v) is 7.63. The number of esters is 1. The smallest absolute Gasteiger partial charge is 0.310 e. The first kappa shape index (κ1) is 18.1. The van der Waals surface area contributed by atoms with Gasteiger partial charge in [0.2, 0.25) is 0 Å². The Hall–Kier alpha value is -1.69. The van der Waals surface area contributed by atoms with Crippen LogP contribution in [0.1, 0.15) is 58.1 Å². The van der Waals surface area contributed by atoms with Crippen molar-refractivity contribution in [2.24, 2.45) is 11.8 Å². The van der Waals surface area contributed by atoms with Gasteiger partial charge in [-0.15, -0.1) is 0 Å². The van der Waals surface area contributed by atoms with E-state index in [1.165, 1.54) is 12.8 Å². The highest BCUT2D eigenvalue weighted by atomic mass is 16.6.